The molecule has 1 aromatic carbocycles. The lowest BCUT2D eigenvalue weighted by Crippen LogP contribution is -2.11. The SMILES string of the molecule is Cn1nc(-c2ccc3c(c2)COCO3)cc1N. The van der Waals surface area contributed by atoms with Crippen molar-refractivity contribution in [1.82, 2.24) is 9.78 Å². The maximum Gasteiger partial charge on any atom is 0.189 e. The number of hydrogen-bond donors (Lipinski definition) is 1. The average Bonchev–Trinajstić information content (AvgIpc) is 2.69. The molecule has 1 aromatic heterocycles. The second-order valence-corrected chi connectivity index (χ2v) is 4.01. The van der Waals surface area contributed by atoms with E-state index < -0.39 is 0 Å². The van der Waals surface area contributed by atoms with Gasteiger partial charge in [0.05, 0.1) is 12.3 Å². The second kappa shape index (κ2) is 3.78. The smallest absolute Gasteiger partial charge is 0.189 e. The molecule has 0 amide bonds. The van der Waals surface area contributed by atoms with E-state index >= 15 is 0 Å². The molecule has 88 valence electrons. The highest BCUT2D eigenvalue weighted by atomic mass is 16.7. The fourth-order valence-electron chi connectivity index (χ4n) is 1.87. The maximum absolute atomic E-state index is 5.77. The van der Waals surface area contributed by atoms with Gasteiger partial charge in [-0.2, -0.15) is 5.10 Å². The van der Waals surface area contributed by atoms with Gasteiger partial charge in [0, 0.05) is 24.2 Å². The van der Waals surface area contributed by atoms with Gasteiger partial charge in [-0.25, -0.2) is 0 Å². The molecule has 5 heteroatoms. The number of hydrogen-bond acceptors (Lipinski definition) is 4. The van der Waals surface area contributed by atoms with Crippen LogP contribution in [0.1, 0.15) is 5.56 Å². The van der Waals surface area contributed by atoms with Gasteiger partial charge in [0.2, 0.25) is 0 Å². The Kier molecular flexibility index (Phi) is 2.26. The molecule has 5 nitrogen and oxygen atoms in total. The molecule has 1 aliphatic heterocycles. The van der Waals surface area contributed by atoms with Crippen LogP contribution in [0.3, 0.4) is 0 Å². The maximum atomic E-state index is 5.77. The highest BCUT2D eigenvalue weighted by Crippen LogP contribution is 2.29. The minimum Gasteiger partial charge on any atom is -0.467 e. The Morgan fingerprint density at radius 2 is 2.24 bits per heavy atom. The number of nitrogens with two attached hydrogens (primary N) is 1. The van der Waals surface area contributed by atoms with Crippen LogP contribution in [0.2, 0.25) is 0 Å². The third-order valence-corrected chi connectivity index (χ3v) is 2.83. The zero-order chi connectivity index (χ0) is 11.8. The molecule has 0 radical (unpaired) electrons. The summed E-state index contributed by atoms with van der Waals surface area (Å²) in [4.78, 5) is 0. The first kappa shape index (κ1) is 10.2. The van der Waals surface area contributed by atoms with Gasteiger partial charge in [-0.05, 0) is 18.2 Å². The van der Waals surface area contributed by atoms with Gasteiger partial charge in [0.15, 0.2) is 6.79 Å². The number of fused-ring (bicyclic) bond motifs is 1. The number of nitrogen functional groups attached to an aromatic ring is 1. The van der Waals surface area contributed by atoms with Crippen LogP contribution in [-0.4, -0.2) is 16.6 Å². The first-order valence-corrected chi connectivity index (χ1v) is 5.37. The van der Waals surface area contributed by atoms with Crippen LogP contribution in [0.15, 0.2) is 24.3 Å². The van der Waals surface area contributed by atoms with Gasteiger partial charge in [0.25, 0.3) is 0 Å². The van der Waals surface area contributed by atoms with Crippen molar-refractivity contribution >= 4 is 5.82 Å². The summed E-state index contributed by atoms with van der Waals surface area (Å²) in [6.45, 7) is 0.897. The molecule has 0 bridgehead atoms. The molecule has 0 unspecified atom stereocenters. The molecule has 2 aromatic rings. The van der Waals surface area contributed by atoms with Gasteiger partial charge >= 0.3 is 0 Å². The van der Waals surface area contributed by atoms with E-state index in [-0.39, 0.29) is 0 Å². The van der Waals surface area contributed by atoms with Crippen molar-refractivity contribution in [3.63, 3.8) is 0 Å². The van der Waals surface area contributed by atoms with Crippen LogP contribution in [0.5, 0.6) is 5.75 Å². The molecule has 0 saturated carbocycles. The van der Waals surface area contributed by atoms with Crippen molar-refractivity contribution in [2.75, 3.05) is 12.5 Å². The van der Waals surface area contributed by atoms with Crippen molar-refractivity contribution in [2.24, 2.45) is 7.05 Å². The summed E-state index contributed by atoms with van der Waals surface area (Å²) >= 11 is 0. The van der Waals surface area contributed by atoms with Crippen molar-refractivity contribution in [1.29, 1.82) is 0 Å². The quantitative estimate of drug-likeness (QED) is 0.808. The number of ether oxygens (including phenoxy) is 2. The van der Waals surface area contributed by atoms with Crippen LogP contribution in [0.25, 0.3) is 11.3 Å². The number of anilines is 1. The Morgan fingerprint density at radius 3 is 3.00 bits per heavy atom. The summed E-state index contributed by atoms with van der Waals surface area (Å²) in [7, 11) is 1.82. The third-order valence-electron chi connectivity index (χ3n) is 2.83. The fourth-order valence-corrected chi connectivity index (χ4v) is 1.87. The average molecular weight is 231 g/mol. The molecule has 0 fully saturated rings. The van der Waals surface area contributed by atoms with Crippen LogP contribution in [0.4, 0.5) is 5.82 Å². The first-order chi connectivity index (χ1) is 8.24. The van der Waals surface area contributed by atoms with Gasteiger partial charge in [-0.15, -0.1) is 0 Å². The Morgan fingerprint density at radius 1 is 1.35 bits per heavy atom. The number of aromatic nitrogens is 2. The Labute approximate surface area is 98.8 Å². The van der Waals surface area contributed by atoms with Crippen LogP contribution < -0.4 is 10.5 Å². The normalized spacial score (nSPS) is 14.2. The second-order valence-electron chi connectivity index (χ2n) is 4.01. The Hall–Kier alpha value is -2.01. The molecule has 17 heavy (non-hydrogen) atoms. The van der Waals surface area contributed by atoms with E-state index in [1.807, 2.05) is 31.3 Å². The predicted molar refractivity (Wildman–Crippen MR) is 63.3 cm³/mol. The Balaban J connectivity index is 2.03. The standard InChI is InChI=1S/C12H13N3O2/c1-15-12(13)5-10(14-15)8-2-3-11-9(4-8)6-16-7-17-11/h2-5H,6-7,13H2,1H3. The first-order valence-electron chi connectivity index (χ1n) is 5.37. The molecule has 0 atom stereocenters. The van der Waals surface area contributed by atoms with E-state index in [4.69, 9.17) is 15.2 Å². The lowest BCUT2D eigenvalue weighted by Gasteiger charge is -2.17. The van der Waals surface area contributed by atoms with E-state index in [0.717, 1.165) is 22.6 Å². The van der Waals surface area contributed by atoms with Crippen molar-refractivity contribution < 1.29 is 9.47 Å². The summed E-state index contributed by atoms with van der Waals surface area (Å²) in [5, 5.41) is 4.34. The summed E-state index contributed by atoms with van der Waals surface area (Å²) in [6.07, 6.45) is 0. The molecular weight excluding hydrogens is 218 g/mol. The third kappa shape index (κ3) is 1.74. The lowest BCUT2D eigenvalue weighted by molar-refractivity contribution is -0.0163. The zero-order valence-corrected chi connectivity index (χ0v) is 9.51. The van der Waals surface area contributed by atoms with E-state index in [1.54, 1.807) is 4.68 Å². The molecule has 0 aliphatic carbocycles. The topological polar surface area (TPSA) is 62.3 Å². The highest BCUT2D eigenvalue weighted by molar-refractivity contribution is 5.64. The summed E-state index contributed by atoms with van der Waals surface area (Å²) < 4.78 is 12.3. The predicted octanol–water partition coefficient (Wildman–Crippen LogP) is 1.54. The van der Waals surface area contributed by atoms with Crippen molar-refractivity contribution in [3.8, 4) is 17.0 Å². The molecule has 2 heterocycles. The van der Waals surface area contributed by atoms with Gasteiger partial charge < -0.3 is 15.2 Å². The molecule has 3 rings (SSSR count). The Bertz CT molecular complexity index is 543. The van der Waals surface area contributed by atoms with E-state index in [2.05, 4.69) is 5.10 Å². The zero-order valence-electron chi connectivity index (χ0n) is 9.51. The number of aryl methyl sites for hydroxylation is 1. The summed E-state index contributed by atoms with van der Waals surface area (Å²) in [5.74, 6) is 1.52. The van der Waals surface area contributed by atoms with Crippen LogP contribution in [-0.2, 0) is 18.4 Å². The van der Waals surface area contributed by atoms with E-state index in [9.17, 15) is 0 Å². The molecule has 2 N–H and O–H groups in total. The molecule has 1 aliphatic rings. The monoisotopic (exact) mass is 231 g/mol. The van der Waals surface area contributed by atoms with Gasteiger partial charge in [-0.3, -0.25) is 4.68 Å². The van der Waals surface area contributed by atoms with Crippen molar-refractivity contribution in [2.45, 2.75) is 6.61 Å². The summed E-state index contributed by atoms with van der Waals surface area (Å²) in [6, 6.07) is 7.80. The minimum absolute atomic E-state index is 0.322. The minimum atomic E-state index is 0.322. The van der Waals surface area contributed by atoms with Crippen LogP contribution in [0, 0.1) is 0 Å². The number of nitrogens with zero attached hydrogens (tertiary/aromatic N) is 2. The lowest BCUT2D eigenvalue weighted by atomic mass is 10.1. The van der Waals surface area contributed by atoms with Gasteiger partial charge in [-0.1, -0.05) is 0 Å². The van der Waals surface area contributed by atoms with E-state index in [1.165, 1.54) is 0 Å². The molecule has 0 spiro atoms. The highest BCUT2D eigenvalue weighted by Gasteiger charge is 2.13. The van der Waals surface area contributed by atoms with Crippen LogP contribution >= 0.6 is 0 Å². The van der Waals surface area contributed by atoms with Gasteiger partial charge in [0.1, 0.15) is 11.6 Å². The molecular formula is C12H13N3O2. The summed E-state index contributed by atoms with van der Waals surface area (Å²) in [5.41, 5.74) is 8.68. The van der Waals surface area contributed by atoms with E-state index in [0.29, 0.717) is 19.2 Å². The molecule has 0 saturated heterocycles. The van der Waals surface area contributed by atoms with Crippen molar-refractivity contribution in [3.05, 3.63) is 29.8 Å². The number of rotatable bonds is 1. The fraction of sp³-hybridized carbons (Fsp3) is 0.250. The largest absolute Gasteiger partial charge is 0.467 e. The number of benzene rings is 1.